The van der Waals surface area contributed by atoms with E-state index in [0.717, 1.165) is 12.8 Å². The Balaban J connectivity index is 2.29. The van der Waals surface area contributed by atoms with Gasteiger partial charge in [0.05, 0.1) is 25.3 Å². The molecular formula is C18H20NO7-. The molecule has 0 radical (unpaired) electrons. The second-order valence-corrected chi connectivity index (χ2v) is 6.09. The van der Waals surface area contributed by atoms with Crippen LogP contribution in [0.4, 0.5) is 5.69 Å². The van der Waals surface area contributed by atoms with Gasteiger partial charge in [0, 0.05) is 23.5 Å². The maximum Gasteiger partial charge on any atom is 0.337 e. The number of methoxy groups -OCH3 is 2. The second kappa shape index (κ2) is 8.46. The minimum Gasteiger partial charge on any atom is -0.550 e. The summed E-state index contributed by atoms with van der Waals surface area (Å²) in [6, 6.07) is 4.00. The number of rotatable bonds is 5. The highest BCUT2D eigenvalue weighted by atomic mass is 16.5. The molecule has 2 atom stereocenters. The number of carbonyl (C=O) groups excluding carboxylic acids is 4. The summed E-state index contributed by atoms with van der Waals surface area (Å²) in [6.45, 7) is 0. The molecule has 1 saturated carbocycles. The van der Waals surface area contributed by atoms with Crippen LogP contribution < -0.4 is 10.4 Å². The SMILES string of the molecule is COC(=O)c1cc(NC(=O)[C@H]2CCCC[C@H]2C(=O)[O-])cc(C(=O)OC)c1. The predicted octanol–water partition coefficient (Wildman–Crippen LogP) is 0.755. The molecule has 0 heterocycles. The molecule has 1 aliphatic carbocycles. The quantitative estimate of drug-likeness (QED) is 0.767. The Labute approximate surface area is 150 Å². The number of hydrogen-bond acceptors (Lipinski definition) is 7. The van der Waals surface area contributed by atoms with E-state index in [9.17, 15) is 24.3 Å². The van der Waals surface area contributed by atoms with Crippen molar-refractivity contribution in [3.63, 3.8) is 0 Å². The van der Waals surface area contributed by atoms with Gasteiger partial charge in [-0.3, -0.25) is 4.79 Å². The number of hydrogen-bond donors (Lipinski definition) is 1. The number of carboxylic acids is 1. The van der Waals surface area contributed by atoms with Crippen molar-refractivity contribution in [3.05, 3.63) is 29.3 Å². The summed E-state index contributed by atoms with van der Waals surface area (Å²) in [5.41, 5.74) is 0.303. The van der Waals surface area contributed by atoms with Crippen molar-refractivity contribution in [1.82, 2.24) is 0 Å². The molecule has 2 rings (SSSR count). The van der Waals surface area contributed by atoms with Gasteiger partial charge in [-0.05, 0) is 31.0 Å². The van der Waals surface area contributed by atoms with Crippen molar-refractivity contribution in [3.8, 4) is 0 Å². The Hall–Kier alpha value is -2.90. The van der Waals surface area contributed by atoms with Gasteiger partial charge in [0.15, 0.2) is 0 Å². The van der Waals surface area contributed by atoms with Crippen molar-refractivity contribution < 1.29 is 33.8 Å². The fourth-order valence-electron chi connectivity index (χ4n) is 3.13. The third kappa shape index (κ3) is 4.38. The monoisotopic (exact) mass is 362 g/mol. The van der Waals surface area contributed by atoms with Crippen LogP contribution in [-0.4, -0.2) is 38.0 Å². The Morgan fingerprint density at radius 1 is 0.923 bits per heavy atom. The molecule has 1 aliphatic rings. The normalized spacial score (nSPS) is 19.3. The molecule has 1 fully saturated rings. The Morgan fingerprint density at radius 3 is 1.88 bits per heavy atom. The Bertz CT molecular complexity index is 694. The van der Waals surface area contributed by atoms with E-state index in [4.69, 9.17) is 0 Å². The van der Waals surface area contributed by atoms with Gasteiger partial charge in [-0.2, -0.15) is 0 Å². The van der Waals surface area contributed by atoms with Gasteiger partial charge in [0.2, 0.25) is 5.91 Å². The van der Waals surface area contributed by atoms with E-state index in [0.29, 0.717) is 12.8 Å². The third-order valence-electron chi connectivity index (χ3n) is 4.45. The highest BCUT2D eigenvalue weighted by molar-refractivity contribution is 6.00. The average Bonchev–Trinajstić information content (AvgIpc) is 2.66. The number of nitrogens with one attached hydrogen (secondary N) is 1. The zero-order valence-electron chi connectivity index (χ0n) is 14.6. The third-order valence-corrected chi connectivity index (χ3v) is 4.45. The number of benzene rings is 1. The highest BCUT2D eigenvalue weighted by Crippen LogP contribution is 2.31. The Morgan fingerprint density at radius 2 is 1.42 bits per heavy atom. The van der Waals surface area contributed by atoms with Crippen LogP contribution in [0.25, 0.3) is 0 Å². The van der Waals surface area contributed by atoms with E-state index < -0.39 is 35.7 Å². The topological polar surface area (TPSA) is 122 Å². The minimum absolute atomic E-state index is 0.0609. The molecule has 1 amide bonds. The predicted molar refractivity (Wildman–Crippen MR) is 88.2 cm³/mol. The molecule has 0 bridgehead atoms. The van der Waals surface area contributed by atoms with Crippen LogP contribution in [0, 0.1) is 11.8 Å². The number of carboxylic acid groups (broad SMARTS) is 1. The van der Waals surface area contributed by atoms with E-state index >= 15 is 0 Å². The maximum absolute atomic E-state index is 12.5. The van der Waals surface area contributed by atoms with Crippen molar-refractivity contribution in [2.75, 3.05) is 19.5 Å². The van der Waals surface area contributed by atoms with Crippen LogP contribution in [0.1, 0.15) is 46.4 Å². The summed E-state index contributed by atoms with van der Waals surface area (Å²) in [5.74, 6) is -4.68. The number of anilines is 1. The van der Waals surface area contributed by atoms with E-state index in [1.165, 1.54) is 32.4 Å². The van der Waals surface area contributed by atoms with E-state index in [1.807, 2.05) is 0 Å². The molecule has 140 valence electrons. The molecule has 8 heteroatoms. The molecule has 0 spiro atoms. The second-order valence-electron chi connectivity index (χ2n) is 6.09. The first-order valence-corrected chi connectivity index (χ1v) is 8.20. The molecular weight excluding hydrogens is 342 g/mol. The number of ether oxygens (including phenoxy) is 2. The molecule has 1 aromatic carbocycles. The Kier molecular flexibility index (Phi) is 6.32. The highest BCUT2D eigenvalue weighted by Gasteiger charge is 2.32. The van der Waals surface area contributed by atoms with Crippen LogP contribution in [-0.2, 0) is 19.1 Å². The van der Waals surface area contributed by atoms with Crippen LogP contribution in [0.5, 0.6) is 0 Å². The van der Waals surface area contributed by atoms with Crippen molar-refractivity contribution >= 4 is 29.5 Å². The first kappa shape index (κ1) is 19.4. The number of aliphatic carboxylic acids is 1. The van der Waals surface area contributed by atoms with Gasteiger partial charge in [-0.15, -0.1) is 0 Å². The first-order valence-electron chi connectivity index (χ1n) is 8.20. The molecule has 0 unspecified atom stereocenters. The largest absolute Gasteiger partial charge is 0.550 e. The lowest BCUT2D eigenvalue weighted by atomic mass is 9.78. The van der Waals surface area contributed by atoms with Crippen LogP contribution >= 0.6 is 0 Å². The molecule has 0 aromatic heterocycles. The van der Waals surface area contributed by atoms with Gasteiger partial charge in [0.1, 0.15) is 0 Å². The van der Waals surface area contributed by atoms with E-state index in [2.05, 4.69) is 14.8 Å². The lowest BCUT2D eigenvalue weighted by molar-refractivity contribution is -0.313. The molecule has 1 N–H and O–H groups in total. The molecule has 0 saturated heterocycles. The zero-order valence-corrected chi connectivity index (χ0v) is 14.6. The van der Waals surface area contributed by atoms with Gasteiger partial charge in [-0.1, -0.05) is 12.8 Å². The van der Waals surface area contributed by atoms with Crippen molar-refractivity contribution in [2.24, 2.45) is 11.8 Å². The standard InChI is InChI=1S/C18H21NO7/c1-25-17(23)10-7-11(18(24)26-2)9-12(8-10)19-15(20)13-5-3-4-6-14(13)16(21)22/h7-9,13-14H,3-6H2,1-2H3,(H,19,20)(H,21,22)/p-1/t13-,14+/m0/s1. The summed E-state index contributed by atoms with van der Waals surface area (Å²) >= 11 is 0. The fourth-order valence-corrected chi connectivity index (χ4v) is 3.13. The number of amides is 1. The van der Waals surface area contributed by atoms with Crippen LogP contribution in [0.3, 0.4) is 0 Å². The van der Waals surface area contributed by atoms with Gasteiger partial charge in [0.25, 0.3) is 0 Å². The summed E-state index contributed by atoms with van der Waals surface area (Å²) in [7, 11) is 2.38. The molecule has 1 aromatic rings. The number of carbonyl (C=O) groups is 4. The van der Waals surface area contributed by atoms with Crippen LogP contribution in [0.15, 0.2) is 18.2 Å². The van der Waals surface area contributed by atoms with E-state index in [-0.39, 0.29) is 16.8 Å². The van der Waals surface area contributed by atoms with Gasteiger partial charge < -0.3 is 24.7 Å². The van der Waals surface area contributed by atoms with Crippen molar-refractivity contribution in [2.45, 2.75) is 25.7 Å². The van der Waals surface area contributed by atoms with Gasteiger partial charge >= 0.3 is 11.9 Å². The summed E-state index contributed by atoms with van der Waals surface area (Å²) < 4.78 is 9.28. The lowest BCUT2D eigenvalue weighted by Gasteiger charge is -2.31. The fraction of sp³-hybridized carbons (Fsp3) is 0.444. The minimum atomic E-state index is -1.25. The number of esters is 2. The first-order chi connectivity index (χ1) is 12.4. The van der Waals surface area contributed by atoms with Gasteiger partial charge in [-0.25, -0.2) is 9.59 Å². The molecule has 8 nitrogen and oxygen atoms in total. The summed E-state index contributed by atoms with van der Waals surface area (Å²) in [4.78, 5) is 47.4. The lowest BCUT2D eigenvalue weighted by Crippen LogP contribution is -2.42. The molecule has 26 heavy (non-hydrogen) atoms. The average molecular weight is 362 g/mol. The summed E-state index contributed by atoms with van der Waals surface area (Å²) in [6.07, 6.45) is 2.30. The smallest absolute Gasteiger partial charge is 0.337 e. The zero-order chi connectivity index (χ0) is 19.3. The molecule has 0 aliphatic heterocycles. The van der Waals surface area contributed by atoms with Crippen molar-refractivity contribution in [1.29, 1.82) is 0 Å². The van der Waals surface area contributed by atoms with E-state index in [1.54, 1.807) is 0 Å². The maximum atomic E-state index is 12.5. The van der Waals surface area contributed by atoms with Crippen LogP contribution in [0.2, 0.25) is 0 Å². The summed E-state index contributed by atoms with van der Waals surface area (Å²) in [5, 5.41) is 13.9.